The molecule has 0 radical (unpaired) electrons. The molecule has 0 bridgehead atoms. The van der Waals surface area contributed by atoms with Crippen molar-refractivity contribution in [1.29, 1.82) is 0 Å². The molecule has 16 heteroatoms. The number of unbranched alkanes of at least 4 members (excludes halogenated alkanes) is 3. The summed E-state index contributed by atoms with van der Waals surface area (Å²) in [5.41, 5.74) is 3.87. The third-order valence-corrected chi connectivity index (χ3v) is 13.3. The van der Waals surface area contributed by atoms with Crippen LogP contribution in [0.25, 0.3) is 0 Å². The molecule has 2 fully saturated rings. The van der Waals surface area contributed by atoms with Crippen LogP contribution in [0.15, 0.2) is 66.9 Å². The first-order valence-electron chi connectivity index (χ1n) is 20.6. The van der Waals surface area contributed by atoms with Crippen LogP contribution in [0.3, 0.4) is 0 Å². The Hall–Kier alpha value is -5.59. The lowest BCUT2D eigenvalue weighted by Gasteiger charge is -2.36. The minimum absolute atomic E-state index is 0.0527. The predicted molar refractivity (Wildman–Crippen MR) is 232 cm³/mol. The van der Waals surface area contributed by atoms with Crippen molar-refractivity contribution < 1.29 is 38.0 Å². The number of fused-ring (bicyclic) bond motifs is 1. The Morgan fingerprint density at radius 2 is 1.66 bits per heavy atom. The van der Waals surface area contributed by atoms with Crippen LogP contribution in [-0.4, -0.2) is 109 Å². The van der Waals surface area contributed by atoms with Crippen molar-refractivity contribution in [1.82, 2.24) is 25.1 Å². The highest BCUT2D eigenvalue weighted by Gasteiger charge is 2.46. The summed E-state index contributed by atoms with van der Waals surface area (Å²) in [6.45, 7) is 6.49. The van der Waals surface area contributed by atoms with Crippen molar-refractivity contribution in [2.24, 2.45) is 0 Å². The second kappa shape index (κ2) is 19.0. The van der Waals surface area contributed by atoms with E-state index in [0.29, 0.717) is 75.0 Å². The number of piperidine rings is 1. The van der Waals surface area contributed by atoms with Gasteiger partial charge in [-0.2, -0.15) is 0 Å². The number of hydrogen-bond acceptors (Lipinski definition) is 11. The first kappa shape index (κ1) is 43.5. The van der Waals surface area contributed by atoms with E-state index < -0.39 is 36.8 Å². The highest BCUT2D eigenvalue weighted by molar-refractivity contribution is 7.70. The number of carbonyl (C=O) groups excluding carboxylic acids is 5. The van der Waals surface area contributed by atoms with Gasteiger partial charge < -0.3 is 23.8 Å². The molecule has 1 aromatic heterocycles. The topological polar surface area (TPSA) is 168 Å². The van der Waals surface area contributed by atoms with Gasteiger partial charge in [-0.3, -0.25) is 34.2 Å². The molecule has 320 valence electrons. The summed E-state index contributed by atoms with van der Waals surface area (Å²) >= 11 is 6.54. The second-order valence-electron chi connectivity index (χ2n) is 15.9. The van der Waals surface area contributed by atoms with Gasteiger partial charge in [0.05, 0.1) is 35.6 Å². The number of nitrogens with one attached hydrogen (secondary N) is 1. The number of hydrogen-bond donors (Lipinski definition) is 1. The van der Waals surface area contributed by atoms with E-state index in [-0.39, 0.29) is 35.6 Å². The number of amides is 5. The molecular weight excluding hydrogens is 819 g/mol. The molecule has 5 amide bonds. The zero-order valence-electron chi connectivity index (χ0n) is 34.7. The van der Waals surface area contributed by atoms with Gasteiger partial charge in [0, 0.05) is 80.7 Å². The van der Waals surface area contributed by atoms with E-state index in [1.54, 1.807) is 38.8 Å². The van der Waals surface area contributed by atoms with Gasteiger partial charge in [0.25, 0.3) is 11.8 Å². The largest absolute Gasteiger partial charge is 0.496 e. The van der Waals surface area contributed by atoms with E-state index in [1.165, 1.54) is 6.07 Å². The number of piperazine rings is 1. The molecule has 4 heterocycles. The van der Waals surface area contributed by atoms with Gasteiger partial charge in [-0.05, 0) is 56.4 Å². The van der Waals surface area contributed by atoms with E-state index in [4.69, 9.17) is 26.1 Å². The first-order chi connectivity index (χ1) is 29.3. The van der Waals surface area contributed by atoms with Gasteiger partial charge in [0.2, 0.25) is 17.7 Å². The highest BCUT2D eigenvalue weighted by atomic mass is 35.5. The maximum Gasteiger partial charge on any atom is 0.266 e. The van der Waals surface area contributed by atoms with Crippen LogP contribution in [0.5, 0.6) is 11.5 Å². The van der Waals surface area contributed by atoms with Crippen LogP contribution in [0.2, 0.25) is 5.02 Å². The Morgan fingerprint density at radius 1 is 0.885 bits per heavy atom. The molecule has 0 saturated carbocycles. The van der Waals surface area contributed by atoms with Crippen LogP contribution in [0.1, 0.15) is 88.3 Å². The second-order valence-corrected chi connectivity index (χ2v) is 19.5. The molecule has 4 aromatic rings. The van der Waals surface area contributed by atoms with Crippen molar-refractivity contribution in [3.8, 4) is 11.5 Å². The number of benzene rings is 3. The summed E-state index contributed by atoms with van der Waals surface area (Å²) in [6.07, 6.45) is 6.21. The highest BCUT2D eigenvalue weighted by Crippen LogP contribution is 2.37. The van der Waals surface area contributed by atoms with E-state index in [1.807, 2.05) is 41.3 Å². The molecule has 1 unspecified atom stereocenters. The van der Waals surface area contributed by atoms with Crippen molar-refractivity contribution in [3.05, 3.63) is 106 Å². The monoisotopic (exact) mass is 868 g/mol. The average Bonchev–Trinajstić information content (AvgIpc) is 3.50. The Bertz CT molecular complexity index is 2400. The van der Waals surface area contributed by atoms with Gasteiger partial charge >= 0.3 is 0 Å². The number of imide groups is 2. The van der Waals surface area contributed by atoms with Gasteiger partial charge in [0.15, 0.2) is 0 Å². The van der Waals surface area contributed by atoms with E-state index in [2.05, 4.69) is 21.3 Å². The number of anilines is 1. The van der Waals surface area contributed by atoms with E-state index in [0.717, 1.165) is 52.0 Å². The molecular formula is C45H50ClN6O8P. The molecule has 0 spiro atoms. The number of ether oxygens (including phenoxy) is 2. The summed E-state index contributed by atoms with van der Waals surface area (Å²) in [5.74, 6) is -0.497. The molecule has 61 heavy (non-hydrogen) atoms. The molecule has 14 nitrogen and oxygen atoms in total. The SMILES string of the molecule is COc1cc(N2CCN(C(=O)CCCCCCOc3cccc4c3C(=O)N(C3CCC(=O)NC3=O)C4=O)CC2)ccc1Cc1ncc(Cl)c(Cc2ccccc2P(C)(C)=O)n1. The smallest absolute Gasteiger partial charge is 0.266 e. The number of aromatic nitrogens is 2. The molecule has 0 aliphatic carbocycles. The fraction of sp³-hybridized carbons (Fsp3) is 0.400. The van der Waals surface area contributed by atoms with Crippen LogP contribution in [0.4, 0.5) is 5.69 Å². The van der Waals surface area contributed by atoms with Crippen molar-refractivity contribution in [2.45, 2.75) is 63.8 Å². The molecule has 7 rings (SSSR count). The third-order valence-electron chi connectivity index (χ3n) is 11.4. The van der Waals surface area contributed by atoms with E-state index in [9.17, 15) is 28.5 Å². The van der Waals surface area contributed by atoms with Gasteiger partial charge in [-0.15, -0.1) is 0 Å². The van der Waals surface area contributed by atoms with Gasteiger partial charge in [0.1, 0.15) is 30.5 Å². The summed E-state index contributed by atoms with van der Waals surface area (Å²) < 4.78 is 24.7. The zero-order valence-corrected chi connectivity index (χ0v) is 36.3. The van der Waals surface area contributed by atoms with Gasteiger partial charge in [-0.1, -0.05) is 60.8 Å². The van der Waals surface area contributed by atoms with Crippen LogP contribution < -0.4 is 25.0 Å². The molecule has 1 atom stereocenters. The molecule has 1 N–H and O–H groups in total. The minimum atomic E-state index is -2.49. The maximum absolute atomic E-state index is 13.3. The predicted octanol–water partition coefficient (Wildman–Crippen LogP) is 5.65. The number of halogens is 1. The van der Waals surface area contributed by atoms with Crippen molar-refractivity contribution >= 4 is 59.3 Å². The molecule has 3 aliphatic heterocycles. The normalized spacial score (nSPS) is 16.8. The Balaban J connectivity index is 0.840. The summed E-state index contributed by atoms with van der Waals surface area (Å²) in [6, 6.07) is 17.6. The van der Waals surface area contributed by atoms with Gasteiger partial charge in [-0.25, -0.2) is 9.97 Å². The lowest BCUT2D eigenvalue weighted by atomic mass is 10.0. The summed E-state index contributed by atoms with van der Waals surface area (Å²) in [7, 11) is -0.849. The average molecular weight is 869 g/mol. The third kappa shape index (κ3) is 9.97. The van der Waals surface area contributed by atoms with Crippen LogP contribution in [-0.2, 0) is 31.8 Å². The lowest BCUT2D eigenvalue weighted by molar-refractivity contribution is -0.136. The van der Waals surface area contributed by atoms with E-state index >= 15 is 0 Å². The fourth-order valence-corrected chi connectivity index (χ4v) is 9.60. The summed E-state index contributed by atoms with van der Waals surface area (Å²) in [4.78, 5) is 77.9. The Labute approximate surface area is 360 Å². The lowest BCUT2D eigenvalue weighted by Crippen LogP contribution is -2.54. The Morgan fingerprint density at radius 3 is 2.41 bits per heavy atom. The number of carbonyl (C=O) groups is 5. The minimum Gasteiger partial charge on any atom is -0.496 e. The summed E-state index contributed by atoms with van der Waals surface area (Å²) in [5, 5.41) is 3.49. The first-order valence-corrected chi connectivity index (χ1v) is 23.6. The Kier molecular flexibility index (Phi) is 13.5. The van der Waals surface area contributed by atoms with Crippen molar-refractivity contribution in [2.75, 3.05) is 58.1 Å². The number of rotatable bonds is 16. The molecule has 2 saturated heterocycles. The number of nitrogens with zero attached hydrogens (tertiary/aromatic N) is 5. The molecule has 3 aromatic carbocycles. The van der Waals surface area contributed by atoms with Crippen LogP contribution >= 0.6 is 18.7 Å². The fourth-order valence-electron chi connectivity index (χ4n) is 8.16. The van der Waals surface area contributed by atoms with Crippen LogP contribution in [0, 0.1) is 0 Å². The number of methoxy groups -OCH3 is 1. The maximum atomic E-state index is 13.3. The standard InChI is InChI=1S/C45H50ClN6O8P/c1-59-37-27-31(17-16-29(37)26-39-47-28-33(46)34(48-39)25-30-11-7-8-14-38(30)61(2,3)58)50-20-22-51(23-21-50)41(54)15-6-4-5-9-24-60-36-13-10-12-32-42(36)45(57)52(44(32)56)35-18-19-40(53)49-43(35)55/h7-8,10-14,16-17,27-28,35H,4-6,9,15,18-26H2,1-3H3,(H,49,53,55). The zero-order chi connectivity index (χ0) is 43.3. The van der Waals surface area contributed by atoms with Crippen molar-refractivity contribution in [3.63, 3.8) is 0 Å². The quantitative estimate of drug-likeness (QED) is 0.0840. The molecule has 3 aliphatic rings.